The second-order valence-corrected chi connectivity index (χ2v) is 5.88. The van der Waals surface area contributed by atoms with Gasteiger partial charge in [-0.15, -0.1) is 0 Å². The molecule has 0 unspecified atom stereocenters. The molecule has 3 rings (SSSR count). The lowest BCUT2D eigenvalue weighted by Gasteiger charge is -2.09. The molecular formula is C16H15BrN2O. The van der Waals surface area contributed by atoms with Crippen molar-refractivity contribution in [2.75, 3.05) is 5.32 Å². The fourth-order valence-corrected chi connectivity index (χ4v) is 2.94. The molecule has 0 spiro atoms. The van der Waals surface area contributed by atoms with Gasteiger partial charge < -0.3 is 10.6 Å². The summed E-state index contributed by atoms with van der Waals surface area (Å²) in [4.78, 5) is 12.3. The summed E-state index contributed by atoms with van der Waals surface area (Å²) in [6.07, 6.45) is 0. The first kappa shape index (κ1) is 13.3. The molecule has 20 heavy (non-hydrogen) atoms. The molecule has 3 nitrogen and oxygen atoms in total. The van der Waals surface area contributed by atoms with Crippen molar-refractivity contribution < 1.29 is 4.79 Å². The van der Waals surface area contributed by atoms with Gasteiger partial charge in [-0.1, -0.05) is 12.1 Å². The highest BCUT2D eigenvalue weighted by Gasteiger charge is 2.14. The van der Waals surface area contributed by atoms with Gasteiger partial charge in [-0.3, -0.25) is 4.79 Å². The highest BCUT2D eigenvalue weighted by Crippen LogP contribution is 2.24. The largest absolute Gasteiger partial charge is 0.321 e. The molecule has 0 radical (unpaired) electrons. The zero-order chi connectivity index (χ0) is 14.1. The third-order valence-electron chi connectivity index (χ3n) is 3.47. The second-order valence-electron chi connectivity index (χ2n) is 5.02. The minimum absolute atomic E-state index is 0.0794. The van der Waals surface area contributed by atoms with Crippen LogP contribution in [-0.2, 0) is 13.1 Å². The van der Waals surface area contributed by atoms with Crippen molar-refractivity contribution >= 4 is 27.5 Å². The fraction of sp³-hybridized carbons (Fsp3) is 0.188. The van der Waals surface area contributed by atoms with Crippen LogP contribution in [0.25, 0.3) is 0 Å². The van der Waals surface area contributed by atoms with Crippen molar-refractivity contribution in [1.29, 1.82) is 0 Å². The Morgan fingerprint density at radius 1 is 1.15 bits per heavy atom. The summed E-state index contributed by atoms with van der Waals surface area (Å²) in [7, 11) is 0. The summed E-state index contributed by atoms with van der Waals surface area (Å²) in [6, 6.07) is 11.7. The van der Waals surface area contributed by atoms with E-state index in [1.54, 1.807) is 0 Å². The van der Waals surface area contributed by atoms with Gasteiger partial charge in [0.2, 0.25) is 0 Å². The number of rotatable bonds is 2. The molecule has 0 bridgehead atoms. The van der Waals surface area contributed by atoms with E-state index in [0.717, 1.165) is 28.8 Å². The van der Waals surface area contributed by atoms with E-state index in [0.29, 0.717) is 5.56 Å². The van der Waals surface area contributed by atoms with Crippen LogP contribution in [0, 0.1) is 6.92 Å². The average Bonchev–Trinajstić information content (AvgIpc) is 2.89. The first-order valence-corrected chi connectivity index (χ1v) is 7.33. The van der Waals surface area contributed by atoms with E-state index in [1.165, 1.54) is 11.1 Å². The van der Waals surface area contributed by atoms with Gasteiger partial charge in [-0.05, 0) is 63.8 Å². The second kappa shape index (κ2) is 5.38. The van der Waals surface area contributed by atoms with Crippen molar-refractivity contribution in [2.45, 2.75) is 20.0 Å². The SMILES string of the molecule is Cc1ccc(NC(=O)c2ccc3c(c2)CNC3)c(Br)c1. The zero-order valence-electron chi connectivity index (χ0n) is 11.2. The van der Waals surface area contributed by atoms with Crippen LogP contribution in [0.4, 0.5) is 5.69 Å². The van der Waals surface area contributed by atoms with Gasteiger partial charge in [0.05, 0.1) is 5.69 Å². The summed E-state index contributed by atoms with van der Waals surface area (Å²) < 4.78 is 0.897. The molecule has 0 fully saturated rings. The standard InChI is InChI=1S/C16H15BrN2O/c1-10-2-5-15(14(17)6-10)19-16(20)11-3-4-12-8-18-9-13(12)7-11/h2-7,18H,8-9H2,1H3,(H,19,20). The first-order valence-electron chi connectivity index (χ1n) is 6.53. The highest BCUT2D eigenvalue weighted by molar-refractivity contribution is 9.10. The molecular weight excluding hydrogens is 316 g/mol. The maximum atomic E-state index is 12.3. The number of amides is 1. The topological polar surface area (TPSA) is 41.1 Å². The number of fused-ring (bicyclic) bond motifs is 1. The molecule has 2 aromatic rings. The van der Waals surface area contributed by atoms with Gasteiger partial charge in [-0.25, -0.2) is 0 Å². The molecule has 4 heteroatoms. The third-order valence-corrected chi connectivity index (χ3v) is 4.13. The molecule has 2 aromatic carbocycles. The number of carbonyl (C=O) groups excluding carboxylic acids is 1. The van der Waals surface area contributed by atoms with E-state index < -0.39 is 0 Å². The van der Waals surface area contributed by atoms with E-state index in [2.05, 4.69) is 26.6 Å². The van der Waals surface area contributed by atoms with Crippen LogP contribution in [-0.4, -0.2) is 5.91 Å². The van der Waals surface area contributed by atoms with Crippen LogP contribution in [0.3, 0.4) is 0 Å². The van der Waals surface area contributed by atoms with Crippen LogP contribution in [0.1, 0.15) is 27.0 Å². The Hall–Kier alpha value is -1.65. The molecule has 1 amide bonds. The number of benzene rings is 2. The Morgan fingerprint density at radius 2 is 1.95 bits per heavy atom. The Kier molecular flexibility index (Phi) is 3.59. The number of anilines is 1. The van der Waals surface area contributed by atoms with Crippen molar-refractivity contribution in [3.63, 3.8) is 0 Å². The number of nitrogens with one attached hydrogen (secondary N) is 2. The summed E-state index contributed by atoms with van der Waals surface area (Å²) in [5.41, 5.74) is 5.12. The lowest BCUT2D eigenvalue weighted by Crippen LogP contribution is -2.12. The minimum atomic E-state index is -0.0794. The van der Waals surface area contributed by atoms with Gasteiger partial charge in [0.25, 0.3) is 5.91 Å². The summed E-state index contributed by atoms with van der Waals surface area (Å²) in [5, 5.41) is 6.22. The highest BCUT2D eigenvalue weighted by atomic mass is 79.9. The summed E-state index contributed by atoms with van der Waals surface area (Å²) >= 11 is 3.47. The predicted octanol–water partition coefficient (Wildman–Crippen LogP) is 3.61. The molecule has 102 valence electrons. The van der Waals surface area contributed by atoms with Crippen LogP contribution >= 0.6 is 15.9 Å². The zero-order valence-corrected chi connectivity index (χ0v) is 12.8. The molecule has 0 aromatic heterocycles. The van der Waals surface area contributed by atoms with Crippen LogP contribution < -0.4 is 10.6 Å². The molecule has 0 saturated heterocycles. The third kappa shape index (κ3) is 2.62. The summed E-state index contributed by atoms with van der Waals surface area (Å²) in [5.74, 6) is -0.0794. The van der Waals surface area contributed by atoms with Crippen LogP contribution in [0.5, 0.6) is 0 Å². The molecule has 0 aliphatic carbocycles. The monoisotopic (exact) mass is 330 g/mol. The lowest BCUT2D eigenvalue weighted by atomic mass is 10.1. The quantitative estimate of drug-likeness (QED) is 0.883. The van der Waals surface area contributed by atoms with Gasteiger partial charge in [0.15, 0.2) is 0 Å². The molecule has 1 heterocycles. The Bertz CT molecular complexity index is 682. The molecule has 0 saturated carbocycles. The predicted molar refractivity (Wildman–Crippen MR) is 83.8 cm³/mol. The average molecular weight is 331 g/mol. The molecule has 2 N–H and O–H groups in total. The smallest absolute Gasteiger partial charge is 0.255 e. The number of aryl methyl sites for hydroxylation is 1. The van der Waals surface area contributed by atoms with E-state index in [1.807, 2.05) is 43.3 Å². The number of hydrogen-bond donors (Lipinski definition) is 2. The van der Waals surface area contributed by atoms with E-state index >= 15 is 0 Å². The van der Waals surface area contributed by atoms with Gasteiger partial charge >= 0.3 is 0 Å². The Labute approximate surface area is 126 Å². The van der Waals surface area contributed by atoms with E-state index in [9.17, 15) is 4.79 Å². The van der Waals surface area contributed by atoms with Crippen molar-refractivity contribution in [1.82, 2.24) is 5.32 Å². The minimum Gasteiger partial charge on any atom is -0.321 e. The van der Waals surface area contributed by atoms with Crippen molar-refractivity contribution in [3.8, 4) is 0 Å². The number of halogens is 1. The Morgan fingerprint density at radius 3 is 2.75 bits per heavy atom. The number of carbonyl (C=O) groups is 1. The van der Waals surface area contributed by atoms with Crippen molar-refractivity contribution in [3.05, 3.63) is 63.1 Å². The van der Waals surface area contributed by atoms with Crippen LogP contribution in [0.2, 0.25) is 0 Å². The van der Waals surface area contributed by atoms with E-state index in [-0.39, 0.29) is 5.91 Å². The number of hydrogen-bond acceptors (Lipinski definition) is 2. The summed E-state index contributed by atoms with van der Waals surface area (Å²) in [6.45, 7) is 3.75. The maximum absolute atomic E-state index is 12.3. The first-order chi connectivity index (χ1) is 9.63. The fourth-order valence-electron chi connectivity index (χ4n) is 2.35. The lowest BCUT2D eigenvalue weighted by molar-refractivity contribution is 0.102. The van der Waals surface area contributed by atoms with Crippen molar-refractivity contribution in [2.24, 2.45) is 0 Å². The van der Waals surface area contributed by atoms with E-state index in [4.69, 9.17) is 0 Å². The molecule has 1 aliphatic rings. The van der Waals surface area contributed by atoms with Gasteiger partial charge in [-0.2, -0.15) is 0 Å². The molecule has 1 aliphatic heterocycles. The van der Waals surface area contributed by atoms with Crippen LogP contribution in [0.15, 0.2) is 40.9 Å². The normalized spacial score (nSPS) is 13.1. The molecule has 0 atom stereocenters. The Balaban J connectivity index is 1.82. The van der Waals surface area contributed by atoms with Gasteiger partial charge in [0, 0.05) is 23.1 Å². The maximum Gasteiger partial charge on any atom is 0.255 e. The van der Waals surface area contributed by atoms with Gasteiger partial charge in [0.1, 0.15) is 0 Å².